The van der Waals surface area contributed by atoms with Crippen molar-refractivity contribution in [1.82, 2.24) is 9.79 Å². The predicted molar refractivity (Wildman–Crippen MR) is 106 cm³/mol. The molecule has 0 bridgehead atoms. The Labute approximate surface area is 164 Å². The second-order valence-corrected chi connectivity index (χ2v) is 8.72. The molecular weight excluding hydrogens is 382 g/mol. The lowest BCUT2D eigenvalue weighted by atomic mass is 9.95. The molecule has 1 unspecified atom stereocenters. The molecule has 28 heavy (non-hydrogen) atoms. The van der Waals surface area contributed by atoms with Gasteiger partial charge in [0.25, 0.3) is 10.0 Å². The third-order valence-corrected chi connectivity index (χ3v) is 5.92. The SMILES string of the molecule is CC(C)C(CN(O)C=O)C(=O)NS(=O)(=O)c1cccc2c(N(C)C)cccc12. The Bertz CT molecular complexity index is 973. The molecule has 9 heteroatoms. The van der Waals surface area contributed by atoms with Gasteiger partial charge in [0.1, 0.15) is 0 Å². The summed E-state index contributed by atoms with van der Waals surface area (Å²) in [6.45, 7) is 3.11. The lowest BCUT2D eigenvalue weighted by molar-refractivity contribution is -0.155. The minimum Gasteiger partial charge on any atom is -0.377 e. The quantitative estimate of drug-likeness (QED) is 0.393. The number of nitrogens with one attached hydrogen (secondary N) is 1. The van der Waals surface area contributed by atoms with Crippen molar-refractivity contribution in [3.05, 3.63) is 36.4 Å². The van der Waals surface area contributed by atoms with Crippen molar-refractivity contribution >= 4 is 38.8 Å². The molecule has 2 aromatic rings. The van der Waals surface area contributed by atoms with Crippen LogP contribution in [0.15, 0.2) is 41.3 Å². The van der Waals surface area contributed by atoms with Crippen LogP contribution in [0.4, 0.5) is 5.69 Å². The molecule has 0 spiro atoms. The lowest BCUT2D eigenvalue weighted by Crippen LogP contribution is -2.42. The van der Waals surface area contributed by atoms with E-state index in [4.69, 9.17) is 0 Å². The van der Waals surface area contributed by atoms with Crippen molar-refractivity contribution in [3.63, 3.8) is 0 Å². The van der Waals surface area contributed by atoms with E-state index in [9.17, 15) is 23.2 Å². The number of carbonyl (C=O) groups excluding carboxylic acids is 2. The molecule has 152 valence electrons. The van der Waals surface area contributed by atoms with E-state index in [2.05, 4.69) is 4.72 Å². The van der Waals surface area contributed by atoms with Gasteiger partial charge in [-0.25, -0.2) is 18.2 Å². The van der Waals surface area contributed by atoms with Crippen LogP contribution in [0.1, 0.15) is 13.8 Å². The van der Waals surface area contributed by atoms with Crippen LogP contribution in [0.2, 0.25) is 0 Å². The monoisotopic (exact) mass is 407 g/mol. The topological polar surface area (TPSA) is 107 Å². The molecule has 0 aliphatic heterocycles. The van der Waals surface area contributed by atoms with E-state index >= 15 is 0 Å². The molecule has 1 atom stereocenters. The Kier molecular flexibility index (Phi) is 6.63. The molecule has 0 fully saturated rings. The van der Waals surface area contributed by atoms with Crippen molar-refractivity contribution in [2.24, 2.45) is 11.8 Å². The lowest BCUT2D eigenvalue weighted by Gasteiger charge is -2.23. The highest BCUT2D eigenvalue weighted by molar-refractivity contribution is 7.90. The number of rotatable bonds is 8. The predicted octanol–water partition coefficient (Wildman–Crippen LogP) is 1.83. The van der Waals surface area contributed by atoms with Crippen LogP contribution in [0.5, 0.6) is 0 Å². The van der Waals surface area contributed by atoms with Crippen LogP contribution in [0, 0.1) is 11.8 Å². The number of amides is 2. The average molecular weight is 407 g/mol. The Morgan fingerprint density at radius 1 is 1.14 bits per heavy atom. The molecule has 2 aromatic carbocycles. The maximum atomic E-state index is 12.9. The van der Waals surface area contributed by atoms with E-state index in [1.54, 1.807) is 32.0 Å². The molecule has 2 amide bonds. The Balaban J connectivity index is 2.43. The van der Waals surface area contributed by atoms with Gasteiger partial charge in [0, 0.05) is 30.6 Å². The Morgan fingerprint density at radius 3 is 2.32 bits per heavy atom. The average Bonchev–Trinajstić information content (AvgIpc) is 2.63. The maximum Gasteiger partial charge on any atom is 0.264 e. The van der Waals surface area contributed by atoms with Crippen molar-refractivity contribution in [2.75, 3.05) is 25.5 Å². The van der Waals surface area contributed by atoms with Crippen LogP contribution in [-0.2, 0) is 19.6 Å². The van der Waals surface area contributed by atoms with Gasteiger partial charge in [-0.2, -0.15) is 0 Å². The summed E-state index contributed by atoms with van der Waals surface area (Å²) >= 11 is 0. The van der Waals surface area contributed by atoms with Crippen molar-refractivity contribution in [3.8, 4) is 0 Å². The summed E-state index contributed by atoms with van der Waals surface area (Å²) in [6, 6.07) is 10.2. The summed E-state index contributed by atoms with van der Waals surface area (Å²) in [6.07, 6.45) is 0.171. The smallest absolute Gasteiger partial charge is 0.264 e. The standard InChI is InChI=1S/C19H25N3O5S/c1-13(2)16(11-22(25)12-23)19(24)20-28(26,27)18-10-6-7-14-15(18)8-5-9-17(14)21(3)4/h5-10,12-13,16,25H,11H2,1-4H3,(H,20,24). The van der Waals surface area contributed by atoms with E-state index < -0.39 is 21.8 Å². The summed E-state index contributed by atoms with van der Waals surface area (Å²) in [5.41, 5.74) is 0.850. The van der Waals surface area contributed by atoms with Gasteiger partial charge in [-0.1, -0.05) is 38.1 Å². The van der Waals surface area contributed by atoms with Gasteiger partial charge in [0.15, 0.2) is 0 Å². The zero-order valence-electron chi connectivity index (χ0n) is 16.3. The first-order chi connectivity index (χ1) is 13.1. The molecule has 0 aromatic heterocycles. The van der Waals surface area contributed by atoms with Crippen LogP contribution >= 0.6 is 0 Å². The number of sulfonamides is 1. The van der Waals surface area contributed by atoms with Gasteiger partial charge >= 0.3 is 0 Å². The first-order valence-electron chi connectivity index (χ1n) is 8.75. The summed E-state index contributed by atoms with van der Waals surface area (Å²) in [4.78, 5) is 25.1. The highest BCUT2D eigenvalue weighted by Crippen LogP contribution is 2.30. The van der Waals surface area contributed by atoms with E-state index in [0.717, 1.165) is 11.1 Å². The number of hydrogen-bond donors (Lipinski definition) is 2. The normalized spacial score (nSPS) is 12.6. The molecule has 2 rings (SSSR count). The minimum absolute atomic E-state index is 0.0131. The largest absolute Gasteiger partial charge is 0.377 e. The number of fused-ring (bicyclic) bond motifs is 1. The first kappa shape index (κ1) is 21.6. The fourth-order valence-electron chi connectivity index (χ4n) is 2.99. The Morgan fingerprint density at radius 2 is 1.75 bits per heavy atom. The molecule has 0 aliphatic carbocycles. The molecule has 0 saturated heterocycles. The van der Waals surface area contributed by atoms with Gasteiger partial charge in [-0.3, -0.25) is 14.8 Å². The number of hydrogen-bond acceptors (Lipinski definition) is 6. The highest BCUT2D eigenvalue weighted by Gasteiger charge is 2.29. The third kappa shape index (κ3) is 4.60. The maximum absolute atomic E-state index is 12.9. The van der Waals surface area contributed by atoms with Crippen molar-refractivity contribution < 1.29 is 23.2 Å². The van der Waals surface area contributed by atoms with E-state index in [-0.39, 0.29) is 23.8 Å². The van der Waals surface area contributed by atoms with Gasteiger partial charge in [0.05, 0.1) is 17.4 Å². The van der Waals surface area contributed by atoms with Gasteiger partial charge < -0.3 is 4.90 Å². The molecule has 0 saturated carbocycles. The first-order valence-corrected chi connectivity index (χ1v) is 10.2. The van der Waals surface area contributed by atoms with Crippen LogP contribution < -0.4 is 9.62 Å². The van der Waals surface area contributed by atoms with Crippen molar-refractivity contribution in [2.45, 2.75) is 18.7 Å². The number of anilines is 1. The van der Waals surface area contributed by atoms with E-state index in [1.807, 2.05) is 31.1 Å². The number of hydroxylamine groups is 2. The van der Waals surface area contributed by atoms with Crippen LogP contribution in [0.25, 0.3) is 10.8 Å². The highest BCUT2D eigenvalue weighted by atomic mass is 32.2. The number of carbonyl (C=O) groups is 2. The molecule has 0 aliphatic rings. The second kappa shape index (κ2) is 8.57. The molecular formula is C19H25N3O5S. The van der Waals surface area contributed by atoms with Gasteiger partial charge in [-0.15, -0.1) is 0 Å². The minimum atomic E-state index is -4.16. The van der Waals surface area contributed by atoms with E-state index in [0.29, 0.717) is 10.4 Å². The zero-order valence-corrected chi connectivity index (χ0v) is 17.1. The third-order valence-electron chi connectivity index (χ3n) is 4.51. The summed E-state index contributed by atoms with van der Waals surface area (Å²) in [7, 11) is -0.437. The van der Waals surface area contributed by atoms with Crippen LogP contribution in [0.3, 0.4) is 0 Å². The van der Waals surface area contributed by atoms with Gasteiger partial charge in [0.2, 0.25) is 12.3 Å². The fourth-order valence-corrected chi connectivity index (χ4v) is 4.24. The number of benzene rings is 2. The molecule has 8 nitrogen and oxygen atoms in total. The van der Waals surface area contributed by atoms with Gasteiger partial charge in [-0.05, 0) is 18.1 Å². The number of nitrogens with zero attached hydrogens (tertiary/aromatic N) is 2. The van der Waals surface area contributed by atoms with E-state index in [1.165, 1.54) is 6.07 Å². The van der Waals surface area contributed by atoms with Crippen LogP contribution in [-0.4, -0.2) is 51.6 Å². The molecule has 0 radical (unpaired) electrons. The fraction of sp³-hybridized carbons (Fsp3) is 0.368. The molecule has 0 heterocycles. The Hall–Kier alpha value is -2.65. The zero-order chi connectivity index (χ0) is 21.1. The second-order valence-electron chi connectivity index (χ2n) is 7.07. The molecule has 2 N–H and O–H groups in total. The summed E-state index contributed by atoms with van der Waals surface area (Å²) < 4.78 is 27.9. The summed E-state index contributed by atoms with van der Waals surface area (Å²) in [5, 5.41) is 11.0. The van der Waals surface area contributed by atoms with Crippen molar-refractivity contribution in [1.29, 1.82) is 0 Å². The summed E-state index contributed by atoms with van der Waals surface area (Å²) in [5.74, 6) is -1.97.